The predicted octanol–water partition coefficient (Wildman–Crippen LogP) is 4.69. The fourth-order valence-corrected chi connectivity index (χ4v) is 3.69. The summed E-state index contributed by atoms with van der Waals surface area (Å²) >= 11 is 0. The average molecular weight is 411 g/mol. The second-order valence-corrected chi connectivity index (χ2v) is 7.95. The molecule has 0 radical (unpaired) electrons. The smallest absolute Gasteiger partial charge is 0.223 e. The lowest BCUT2D eigenvalue weighted by Gasteiger charge is -2.21. The third-order valence-electron chi connectivity index (χ3n) is 5.59. The monoisotopic (exact) mass is 410 g/mol. The van der Waals surface area contributed by atoms with Crippen molar-refractivity contribution in [3.63, 3.8) is 0 Å². The highest BCUT2D eigenvalue weighted by Crippen LogP contribution is 2.31. The molecule has 0 atom stereocenters. The summed E-state index contributed by atoms with van der Waals surface area (Å²) in [6, 6.07) is 2.07. The minimum absolute atomic E-state index is 0.570. The van der Waals surface area contributed by atoms with Gasteiger partial charge in [0.15, 0.2) is 0 Å². The number of hydrazine groups is 1. The Bertz CT molecular complexity index is 800. The molecule has 30 heavy (non-hydrogen) atoms. The molecule has 1 fully saturated rings. The van der Waals surface area contributed by atoms with Gasteiger partial charge in [0.1, 0.15) is 0 Å². The van der Waals surface area contributed by atoms with Crippen molar-refractivity contribution in [2.75, 3.05) is 18.9 Å². The van der Waals surface area contributed by atoms with Crippen LogP contribution in [0.5, 0.6) is 0 Å². The maximum atomic E-state index is 5.99. The lowest BCUT2D eigenvalue weighted by atomic mass is 9.87. The summed E-state index contributed by atoms with van der Waals surface area (Å²) in [7, 11) is 1.86. The molecule has 6 heteroatoms. The molecule has 1 aliphatic carbocycles. The Labute approximate surface area is 181 Å². The van der Waals surface area contributed by atoms with Gasteiger partial charge in [0, 0.05) is 37.1 Å². The van der Waals surface area contributed by atoms with E-state index in [4.69, 9.17) is 10.7 Å². The highest BCUT2D eigenvalue weighted by Gasteiger charge is 2.17. The van der Waals surface area contributed by atoms with E-state index in [9.17, 15) is 0 Å². The molecule has 0 bridgehead atoms. The van der Waals surface area contributed by atoms with Gasteiger partial charge in [-0.25, -0.2) is 15.4 Å². The number of nitrogens with one attached hydrogen (secondary N) is 3. The van der Waals surface area contributed by atoms with Crippen molar-refractivity contribution >= 4 is 5.95 Å². The molecule has 1 aliphatic rings. The number of nitrogens with two attached hydrogens (primary N) is 1. The summed E-state index contributed by atoms with van der Waals surface area (Å²) in [6.07, 6.45) is 13.1. The number of nitrogens with zero attached hydrogens (tertiary/aromatic N) is 2. The second-order valence-electron chi connectivity index (χ2n) is 7.95. The summed E-state index contributed by atoms with van der Waals surface area (Å²) < 4.78 is 0. The van der Waals surface area contributed by atoms with Crippen molar-refractivity contribution in [2.45, 2.75) is 65.2 Å². The van der Waals surface area contributed by atoms with Crippen molar-refractivity contribution in [3.05, 3.63) is 64.8 Å². The molecule has 1 saturated carbocycles. The number of hydrogen-bond acceptors (Lipinski definition) is 6. The first-order valence-corrected chi connectivity index (χ1v) is 11.0. The molecule has 0 aromatic carbocycles. The molecular weight excluding hydrogens is 372 g/mol. The Morgan fingerprint density at radius 1 is 1.23 bits per heavy atom. The first kappa shape index (κ1) is 23.7. The van der Waals surface area contributed by atoms with E-state index in [2.05, 4.69) is 47.6 Å². The van der Waals surface area contributed by atoms with Crippen LogP contribution in [-0.4, -0.2) is 23.6 Å². The highest BCUT2D eigenvalue weighted by atomic mass is 15.3. The van der Waals surface area contributed by atoms with Crippen molar-refractivity contribution < 1.29 is 0 Å². The van der Waals surface area contributed by atoms with E-state index < -0.39 is 0 Å². The molecule has 1 aromatic rings. The standard InChI is InChI=1S/C24H38N6/c1-6-19(23(30-26-5)18(4)12-13-21(25)17(2)3)16-28-24-27-15-14-22(29-24)20-10-8-7-9-11-20/h12-15,20,26,30H,2,6-11,16,25H2,1,3-5H3,(H,27,28,29)/b18-12+,21-13+,23-19+. The minimum atomic E-state index is 0.570. The van der Waals surface area contributed by atoms with Crippen molar-refractivity contribution in [1.82, 2.24) is 20.8 Å². The molecule has 0 aliphatic heterocycles. The zero-order valence-corrected chi connectivity index (χ0v) is 19.0. The van der Waals surface area contributed by atoms with Gasteiger partial charge in [-0.15, -0.1) is 0 Å². The maximum absolute atomic E-state index is 5.99. The van der Waals surface area contributed by atoms with Crippen LogP contribution in [0, 0.1) is 0 Å². The first-order valence-electron chi connectivity index (χ1n) is 11.0. The van der Waals surface area contributed by atoms with E-state index in [1.54, 1.807) is 0 Å². The van der Waals surface area contributed by atoms with Gasteiger partial charge in [0.05, 0.1) is 5.70 Å². The quantitative estimate of drug-likeness (QED) is 0.331. The lowest BCUT2D eigenvalue weighted by molar-refractivity contribution is 0.436. The first-order chi connectivity index (χ1) is 14.5. The van der Waals surface area contributed by atoms with Crippen LogP contribution in [-0.2, 0) is 0 Å². The van der Waals surface area contributed by atoms with Crippen LogP contribution in [0.15, 0.2) is 59.1 Å². The third-order valence-corrected chi connectivity index (χ3v) is 5.59. The van der Waals surface area contributed by atoms with Crippen LogP contribution in [0.3, 0.4) is 0 Å². The molecule has 0 amide bonds. The van der Waals surface area contributed by atoms with E-state index in [-0.39, 0.29) is 0 Å². The topological polar surface area (TPSA) is 87.9 Å². The van der Waals surface area contributed by atoms with Crippen LogP contribution in [0.2, 0.25) is 0 Å². The van der Waals surface area contributed by atoms with Crippen LogP contribution < -0.4 is 21.9 Å². The molecule has 1 heterocycles. The average Bonchev–Trinajstić information content (AvgIpc) is 2.77. The van der Waals surface area contributed by atoms with Crippen molar-refractivity contribution in [3.8, 4) is 0 Å². The van der Waals surface area contributed by atoms with Gasteiger partial charge >= 0.3 is 0 Å². The molecule has 0 spiro atoms. The Kier molecular flexibility index (Phi) is 9.61. The Morgan fingerprint density at radius 3 is 2.60 bits per heavy atom. The molecule has 1 aromatic heterocycles. The second kappa shape index (κ2) is 12.2. The van der Waals surface area contributed by atoms with Gasteiger partial charge in [0.25, 0.3) is 0 Å². The van der Waals surface area contributed by atoms with Crippen LogP contribution in [0.25, 0.3) is 0 Å². The lowest BCUT2D eigenvalue weighted by Crippen LogP contribution is -2.29. The number of anilines is 1. The SMILES string of the molecule is C=C(C)\C(N)=C/C=C(C)/C(NNC)=C(/CC)CNc1nccc(C2CCCCC2)n1. The van der Waals surface area contributed by atoms with Crippen molar-refractivity contribution in [1.29, 1.82) is 0 Å². The molecule has 2 rings (SSSR count). The number of allylic oxidation sites excluding steroid dienone is 4. The number of aromatic nitrogens is 2. The van der Waals surface area contributed by atoms with E-state index in [1.165, 1.54) is 43.4 Å². The molecule has 6 nitrogen and oxygen atoms in total. The largest absolute Gasteiger partial charge is 0.399 e. The summed E-state index contributed by atoms with van der Waals surface area (Å²) in [5, 5.41) is 3.42. The van der Waals surface area contributed by atoms with Gasteiger partial charge < -0.3 is 16.5 Å². The normalized spacial score (nSPS) is 16.8. The van der Waals surface area contributed by atoms with E-state index in [0.717, 1.165) is 23.3 Å². The minimum Gasteiger partial charge on any atom is -0.399 e. The molecule has 0 saturated heterocycles. The number of hydrogen-bond donors (Lipinski definition) is 4. The fraction of sp³-hybridized carbons (Fsp3) is 0.500. The Balaban J connectivity index is 2.17. The van der Waals surface area contributed by atoms with E-state index in [1.807, 2.05) is 32.3 Å². The predicted molar refractivity (Wildman–Crippen MR) is 127 cm³/mol. The summed E-state index contributed by atoms with van der Waals surface area (Å²) in [5.74, 6) is 1.27. The van der Waals surface area contributed by atoms with Crippen LogP contribution in [0.4, 0.5) is 5.95 Å². The zero-order chi connectivity index (χ0) is 21.9. The van der Waals surface area contributed by atoms with Crippen LogP contribution in [0.1, 0.15) is 70.9 Å². The van der Waals surface area contributed by atoms with Gasteiger partial charge in [-0.3, -0.25) is 0 Å². The van der Waals surface area contributed by atoms with E-state index in [0.29, 0.717) is 24.1 Å². The summed E-state index contributed by atoms with van der Waals surface area (Å²) in [4.78, 5) is 9.24. The molecule has 0 unspecified atom stereocenters. The van der Waals surface area contributed by atoms with Gasteiger partial charge in [-0.05, 0) is 62.0 Å². The number of rotatable bonds is 10. The van der Waals surface area contributed by atoms with Gasteiger partial charge in [0.2, 0.25) is 5.95 Å². The highest BCUT2D eigenvalue weighted by molar-refractivity contribution is 5.40. The third kappa shape index (κ3) is 7.02. The Morgan fingerprint density at radius 2 is 1.97 bits per heavy atom. The fourth-order valence-electron chi connectivity index (χ4n) is 3.69. The summed E-state index contributed by atoms with van der Waals surface area (Å²) in [5.41, 5.74) is 18.4. The summed E-state index contributed by atoms with van der Waals surface area (Å²) in [6.45, 7) is 10.7. The molecule has 164 valence electrons. The maximum Gasteiger partial charge on any atom is 0.223 e. The Hall–Kier alpha value is -2.60. The zero-order valence-electron chi connectivity index (χ0n) is 19.0. The van der Waals surface area contributed by atoms with E-state index >= 15 is 0 Å². The molecule has 5 N–H and O–H groups in total. The van der Waals surface area contributed by atoms with Crippen LogP contribution >= 0.6 is 0 Å². The molecular formula is C24H38N6. The van der Waals surface area contributed by atoms with Gasteiger partial charge in [-0.1, -0.05) is 38.8 Å². The van der Waals surface area contributed by atoms with Gasteiger partial charge in [-0.2, -0.15) is 0 Å². The van der Waals surface area contributed by atoms with Crippen molar-refractivity contribution in [2.24, 2.45) is 5.73 Å².